The number of nitro groups is 1. The highest BCUT2D eigenvalue weighted by Crippen LogP contribution is 2.35. The van der Waals surface area contributed by atoms with Gasteiger partial charge in [0, 0.05) is 17.6 Å². The lowest BCUT2D eigenvalue weighted by atomic mass is 10.1. The third-order valence-electron chi connectivity index (χ3n) is 2.47. The number of hydrogen-bond acceptors (Lipinski definition) is 5. The van der Waals surface area contributed by atoms with Crippen molar-refractivity contribution in [3.05, 3.63) is 32.3 Å². The van der Waals surface area contributed by atoms with Crippen molar-refractivity contribution in [1.29, 1.82) is 0 Å². The quantitative estimate of drug-likeness (QED) is 0.455. The van der Waals surface area contributed by atoms with Gasteiger partial charge in [-0.05, 0) is 19.9 Å². The minimum Gasteiger partial charge on any atom is -0.484 e. The molecule has 19 heavy (non-hydrogen) atoms. The number of ether oxygens (including phenoxy) is 2. The first-order chi connectivity index (χ1) is 8.86. The van der Waals surface area contributed by atoms with Crippen molar-refractivity contribution in [2.75, 3.05) is 13.7 Å². The summed E-state index contributed by atoms with van der Waals surface area (Å²) in [6, 6.07) is 2.81. The van der Waals surface area contributed by atoms with Crippen LogP contribution in [-0.4, -0.2) is 30.5 Å². The molecule has 0 aliphatic rings. The summed E-state index contributed by atoms with van der Waals surface area (Å²) in [4.78, 5) is 22.0. The fourth-order valence-electron chi connectivity index (χ4n) is 1.40. The van der Waals surface area contributed by atoms with Crippen LogP contribution < -0.4 is 4.74 Å². The topological polar surface area (TPSA) is 78.7 Å². The predicted molar refractivity (Wildman–Crippen MR) is 72.8 cm³/mol. The van der Waals surface area contributed by atoms with Crippen molar-refractivity contribution in [1.82, 2.24) is 0 Å². The number of rotatable bonds is 6. The van der Waals surface area contributed by atoms with Crippen LogP contribution in [0, 0.1) is 10.1 Å². The number of benzene rings is 1. The van der Waals surface area contributed by atoms with Gasteiger partial charge in [-0.3, -0.25) is 14.9 Å². The lowest BCUT2D eigenvalue weighted by molar-refractivity contribution is -0.386. The highest BCUT2D eigenvalue weighted by atomic mass is 79.9. The number of nitro benzene ring substituents is 1. The monoisotopic (exact) mass is 331 g/mol. The van der Waals surface area contributed by atoms with E-state index in [4.69, 9.17) is 9.47 Å². The summed E-state index contributed by atoms with van der Waals surface area (Å²) in [5.74, 6) is -0.325. The van der Waals surface area contributed by atoms with Crippen LogP contribution in [0.5, 0.6) is 5.75 Å². The van der Waals surface area contributed by atoms with Gasteiger partial charge in [0.05, 0.1) is 16.6 Å². The van der Waals surface area contributed by atoms with Gasteiger partial charge in [-0.1, -0.05) is 15.9 Å². The van der Waals surface area contributed by atoms with Crippen LogP contribution in [0.1, 0.15) is 24.2 Å². The zero-order valence-corrected chi connectivity index (χ0v) is 12.4. The molecule has 1 rings (SSSR count). The second-order valence-electron chi connectivity index (χ2n) is 3.97. The van der Waals surface area contributed by atoms with E-state index in [-0.39, 0.29) is 35.5 Å². The van der Waals surface area contributed by atoms with Gasteiger partial charge in [0.2, 0.25) is 5.75 Å². The zero-order valence-electron chi connectivity index (χ0n) is 10.8. The summed E-state index contributed by atoms with van der Waals surface area (Å²) < 4.78 is 10.9. The number of hydrogen-bond donors (Lipinski definition) is 0. The maximum absolute atomic E-state index is 11.6. The summed E-state index contributed by atoms with van der Waals surface area (Å²) in [7, 11) is 1.51. The highest BCUT2D eigenvalue weighted by molar-refractivity contribution is 9.10. The third kappa shape index (κ3) is 4.00. The average molecular weight is 332 g/mol. The smallest absolute Gasteiger partial charge is 0.312 e. The van der Waals surface area contributed by atoms with Gasteiger partial charge in [0.1, 0.15) is 6.61 Å². The molecule has 0 fully saturated rings. The Bertz CT molecular complexity index is 468. The van der Waals surface area contributed by atoms with E-state index in [1.54, 1.807) is 6.92 Å². The molecule has 7 heteroatoms. The van der Waals surface area contributed by atoms with Gasteiger partial charge in [-0.2, -0.15) is 0 Å². The van der Waals surface area contributed by atoms with E-state index in [0.717, 1.165) is 0 Å². The maximum Gasteiger partial charge on any atom is 0.312 e. The Morgan fingerprint density at radius 3 is 2.63 bits per heavy atom. The van der Waals surface area contributed by atoms with E-state index in [9.17, 15) is 14.9 Å². The first-order valence-corrected chi connectivity index (χ1v) is 6.30. The fraction of sp³-hybridized carbons (Fsp3) is 0.417. The second-order valence-corrected chi connectivity index (χ2v) is 4.89. The van der Waals surface area contributed by atoms with Crippen molar-refractivity contribution in [2.24, 2.45) is 0 Å². The second kappa shape index (κ2) is 6.63. The van der Waals surface area contributed by atoms with Crippen LogP contribution in [0.2, 0.25) is 0 Å². The summed E-state index contributed by atoms with van der Waals surface area (Å²) >= 11 is 3.14. The van der Waals surface area contributed by atoms with Crippen LogP contribution in [0.25, 0.3) is 0 Å². The molecule has 0 heterocycles. The molecular weight excluding hydrogens is 318 g/mol. The van der Waals surface area contributed by atoms with Gasteiger partial charge in [-0.15, -0.1) is 0 Å². The molecule has 1 atom stereocenters. The molecule has 0 radical (unpaired) electrons. The Morgan fingerprint density at radius 2 is 2.16 bits per heavy atom. The Morgan fingerprint density at radius 1 is 1.53 bits per heavy atom. The number of methoxy groups -OCH3 is 1. The number of carbonyl (C=O) groups excluding carboxylic acids is 1. The molecular formula is C12H14BrNO5. The maximum atomic E-state index is 11.6. The van der Waals surface area contributed by atoms with Crippen LogP contribution in [0.15, 0.2) is 16.6 Å². The van der Waals surface area contributed by atoms with E-state index < -0.39 is 4.92 Å². The summed E-state index contributed by atoms with van der Waals surface area (Å²) in [6.45, 7) is 3.22. The van der Waals surface area contributed by atoms with E-state index in [1.807, 2.05) is 0 Å². The first kappa shape index (κ1) is 15.6. The number of halogens is 1. The van der Waals surface area contributed by atoms with Crippen molar-refractivity contribution in [3.63, 3.8) is 0 Å². The fourth-order valence-corrected chi connectivity index (χ4v) is 1.84. The first-order valence-electron chi connectivity index (χ1n) is 5.51. The van der Waals surface area contributed by atoms with E-state index >= 15 is 0 Å². The van der Waals surface area contributed by atoms with Crippen molar-refractivity contribution in [2.45, 2.75) is 20.0 Å². The Kier molecular flexibility index (Phi) is 5.44. The van der Waals surface area contributed by atoms with Gasteiger partial charge in [0.25, 0.3) is 0 Å². The molecule has 0 amide bonds. The number of carbonyl (C=O) groups is 1. The van der Waals surface area contributed by atoms with Crippen molar-refractivity contribution < 1.29 is 19.2 Å². The molecule has 104 valence electrons. The molecule has 0 spiro atoms. The summed E-state index contributed by atoms with van der Waals surface area (Å²) in [5.41, 5.74) is -0.0766. The molecule has 0 saturated carbocycles. The van der Waals surface area contributed by atoms with Crippen LogP contribution in [0.3, 0.4) is 0 Å². The minimum atomic E-state index is -0.579. The van der Waals surface area contributed by atoms with E-state index in [0.29, 0.717) is 4.47 Å². The number of Topliss-reactive ketones (excluding diaryl/α,β-unsaturated/α-hetero) is 1. The lowest BCUT2D eigenvalue weighted by Crippen LogP contribution is -2.17. The lowest BCUT2D eigenvalue weighted by Gasteiger charge is -2.14. The molecule has 1 unspecified atom stereocenters. The average Bonchev–Trinajstić information content (AvgIpc) is 2.35. The molecule has 0 aliphatic heterocycles. The van der Waals surface area contributed by atoms with Crippen molar-refractivity contribution >= 4 is 27.4 Å². The molecule has 6 nitrogen and oxygen atoms in total. The van der Waals surface area contributed by atoms with Crippen LogP contribution >= 0.6 is 15.9 Å². The molecule has 0 saturated heterocycles. The van der Waals surface area contributed by atoms with Gasteiger partial charge in [-0.25, -0.2) is 0 Å². The number of ketones is 1. The molecule has 0 N–H and O–H groups in total. The molecule has 0 aliphatic carbocycles. The summed E-state index contributed by atoms with van der Waals surface area (Å²) in [6.07, 6.45) is -0.233. The largest absolute Gasteiger partial charge is 0.484 e. The standard InChI is InChI=1S/C12H14BrNO5/c1-7(18-3)6-19-12-10(8(2)15)4-9(13)5-11(12)14(16)17/h4-5,7H,6H2,1-3H3. The summed E-state index contributed by atoms with van der Waals surface area (Å²) in [5, 5.41) is 11.0. The molecule has 0 bridgehead atoms. The molecule has 1 aromatic carbocycles. The Balaban J connectivity index is 3.23. The minimum absolute atomic E-state index is 0.0235. The normalized spacial score (nSPS) is 12.0. The Labute approximate surface area is 119 Å². The highest BCUT2D eigenvalue weighted by Gasteiger charge is 2.23. The van der Waals surface area contributed by atoms with E-state index in [1.165, 1.54) is 26.2 Å². The number of nitrogens with zero attached hydrogens (tertiary/aromatic N) is 1. The predicted octanol–water partition coefficient (Wildman–Crippen LogP) is 2.97. The van der Waals surface area contributed by atoms with Crippen LogP contribution in [-0.2, 0) is 4.74 Å². The van der Waals surface area contributed by atoms with Gasteiger partial charge >= 0.3 is 5.69 Å². The Hall–Kier alpha value is -1.47. The SMILES string of the molecule is COC(C)COc1c(C(C)=O)cc(Br)cc1[N+](=O)[O-]. The van der Waals surface area contributed by atoms with E-state index in [2.05, 4.69) is 15.9 Å². The van der Waals surface area contributed by atoms with Crippen molar-refractivity contribution in [3.8, 4) is 5.75 Å². The van der Waals surface area contributed by atoms with Gasteiger partial charge in [0.15, 0.2) is 5.78 Å². The molecule has 0 aromatic heterocycles. The molecule has 1 aromatic rings. The zero-order chi connectivity index (χ0) is 14.6. The van der Waals surface area contributed by atoms with Gasteiger partial charge < -0.3 is 9.47 Å². The third-order valence-corrected chi connectivity index (χ3v) is 2.93. The van der Waals surface area contributed by atoms with Crippen LogP contribution in [0.4, 0.5) is 5.69 Å².